The molecule has 1 aliphatic heterocycles. The van der Waals surface area contributed by atoms with Crippen molar-refractivity contribution in [3.63, 3.8) is 0 Å². The van der Waals surface area contributed by atoms with Crippen LogP contribution in [0.2, 0.25) is 0 Å². The van der Waals surface area contributed by atoms with Crippen LogP contribution in [0.3, 0.4) is 0 Å². The molecule has 0 unspecified atom stereocenters. The fraction of sp³-hybridized carbons (Fsp3) is 0.167. The Morgan fingerprint density at radius 1 is 1.03 bits per heavy atom. The average Bonchev–Trinajstić information content (AvgIpc) is 2.77. The number of nitrogens with one attached hydrogen (secondary N) is 1. The van der Waals surface area contributed by atoms with Crippen molar-refractivity contribution in [2.75, 3.05) is 18.4 Å². The van der Waals surface area contributed by atoms with Gasteiger partial charge in [0.05, 0.1) is 10.9 Å². The summed E-state index contributed by atoms with van der Waals surface area (Å²) in [6, 6.07) is 18.8. The van der Waals surface area contributed by atoms with Crippen LogP contribution in [0.4, 0.5) is 5.69 Å². The number of carboxylic acid groups (broad SMARTS) is 1. The van der Waals surface area contributed by atoms with Gasteiger partial charge in [0.15, 0.2) is 0 Å². The minimum atomic E-state index is -3.13. The van der Waals surface area contributed by atoms with Gasteiger partial charge in [-0.05, 0) is 49.7 Å². The van der Waals surface area contributed by atoms with Crippen LogP contribution < -0.4 is 10.7 Å². The fourth-order valence-corrected chi connectivity index (χ4v) is 3.65. The van der Waals surface area contributed by atoms with Crippen LogP contribution in [-0.4, -0.2) is 42.9 Å². The van der Waals surface area contributed by atoms with E-state index in [2.05, 4.69) is 10.3 Å². The number of anilines is 1. The van der Waals surface area contributed by atoms with Gasteiger partial charge in [-0.1, -0.05) is 18.2 Å². The number of benzene rings is 3. The van der Waals surface area contributed by atoms with Gasteiger partial charge in [-0.3, -0.25) is 9.45 Å². The molecule has 0 aromatic heterocycles. The van der Waals surface area contributed by atoms with Crippen LogP contribution in [0.1, 0.15) is 24.2 Å². The molecule has 1 aliphatic carbocycles. The molecule has 0 fully saturated rings. The highest BCUT2D eigenvalue weighted by Gasteiger charge is 2.21. The maximum absolute atomic E-state index is 11.9. The molecule has 0 radical (unpaired) electrons. The molecule has 4 rings (SSSR count). The monoisotopic (exact) mass is 464 g/mol. The number of carboxylic acids is 1. The lowest BCUT2D eigenvalue weighted by Crippen LogP contribution is -2.05. The highest BCUT2D eigenvalue weighted by molar-refractivity contribution is 6.22. The van der Waals surface area contributed by atoms with Gasteiger partial charge in [0, 0.05) is 47.4 Å². The summed E-state index contributed by atoms with van der Waals surface area (Å²) < 4.78 is 15.0. The van der Waals surface area contributed by atoms with Gasteiger partial charge in [-0.25, -0.2) is 4.79 Å². The summed E-state index contributed by atoms with van der Waals surface area (Å²) in [5.74, 6) is -0.277. The largest absolute Gasteiger partial charge is 0.761 e. The van der Waals surface area contributed by atoms with E-state index in [0.29, 0.717) is 23.5 Å². The first-order valence-electron chi connectivity index (χ1n) is 10.3. The molecule has 8 nitrogen and oxygen atoms in total. The highest BCUT2D eigenvalue weighted by atomic mass is 28.3. The van der Waals surface area contributed by atoms with E-state index in [1.54, 1.807) is 12.1 Å². The van der Waals surface area contributed by atoms with E-state index in [-0.39, 0.29) is 5.56 Å². The Hall–Kier alpha value is -3.98. The maximum Gasteiger partial charge on any atom is 0.761 e. The van der Waals surface area contributed by atoms with E-state index in [1.165, 1.54) is 0 Å². The standard InChI is InChI=1S/C24H22N2O3.H2O3Si/c1-3-25-15-9-11-19-21(13-15)29-22-14-16(26-4-2)10-12-20(22)23(19)17-7-5-6-8-18(17)24(27)28;1-4(2)3/h5-14,25H,3-4H2,1-2H3,(H,27,28);1-2H. The summed E-state index contributed by atoms with van der Waals surface area (Å²) in [5.41, 5.74) is 4.29. The number of fused-ring (bicyclic) bond motifs is 2. The van der Waals surface area contributed by atoms with Gasteiger partial charge < -0.3 is 24.4 Å². The number of aromatic carboxylic acids is 1. The average molecular weight is 465 g/mol. The second-order valence-electron chi connectivity index (χ2n) is 7.01. The SMILES string of the molecule is CCN=c1ccc2c(-c3ccccc3C(=O)O)c3ccc(NCC)cc3oc-2c1.O=[Si](O)O. The number of rotatable bonds is 5. The summed E-state index contributed by atoms with van der Waals surface area (Å²) in [6.07, 6.45) is 0. The molecule has 2 aromatic carbocycles. The van der Waals surface area contributed by atoms with E-state index in [0.717, 1.165) is 34.1 Å². The number of hydrogen-bond donors (Lipinski definition) is 4. The van der Waals surface area contributed by atoms with E-state index < -0.39 is 15.1 Å². The van der Waals surface area contributed by atoms with Gasteiger partial charge in [-0.2, -0.15) is 0 Å². The van der Waals surface area contributed by atoms with Crippen molar-refractivity contribution in [1.82, 2.24) is 0 Å². The molecule has 9 heteroatoms. The maximum atomic E-state index is 11.9. The molecule has 2 aliphatic rings. The van der Waals surface area contributed by atoms with Gasteiger partial charge in [0.25, 0.3) is 0 Å². The minimum Gasteiger partial charge on any atom is -0.511 e. The van der Waals surface area contributed by atoms with E-state index in [1.807, 2.05) is 62.4 Å². The van der Waals surface area contributed by atoms with Crippen LogP contribution in [0.25, 0.3) is 33.4 Å². The van der Waals surface area contributed by atoms with Crippen LogP contribution in [-0.2, 0) is 4.46 Å². The van der Waals surface area contributed by atoms with Crippen molar-refractivity contribution >= 4 is 31.8 Å². The quantitative estimate of drug-likeness (QED) is 0.262. The van der Waals surface area contributed by atoms with Crippen molar-refractivity contribution in [3.8, 4) is 22.5 Å². The molecule has 2 aromatic rings. The molecular formula is C24H24N2O6Si. The summed E-state index contributed by atoms with van der Waals surface area (Å²) in [4.78, 5) is 30.7. The third-order valence-electron chi connectivity index (χ3n) is 4.85. The first-order chi connectivity index (χ1) is 15.8. The smallest absolute Gasteiger partial charge is 0.511 e. The number of hydrogen-bond acceptors (Lipinski definition) is 5. The lowest BCUT2D eigenvalue weighted by molar-refractivity contribution is 0.0697. The topological polar surface area (TPSA) is 132 Å². The lowest BCUT2D eigenvalue weighted by atomic mass is 9.90. The Morgan fingerprint density at radius 2 is 1.76 bits per heavy atom. The Kier molecular flexibility index (Phi) is 7.57. The molecule has 0 spiro atoms. The van der Waals surface area contributed by atoms with Crippen molar-refractivity contribution in [3.05, 3.63) is 71.6 Å². The fourth-order valence-electron chi connectivity index (χ4n) is 3.65. The van der Waals surface area contributed by atoms with Crippen LogP contribution in [0, 0.1) is 0 Å². The first kappa shape index (κ1) is 23.7. The number of carbonyl (C=O) groups is 1. The molecule has 4 N–H and O–H groups in total. The molecular weight excluding hydrogens is 440 g/mol. The first-order valence-corrected chi connectivity index (χ1v) is 11.7. The summed E-state index contributed by atoms with van der Waals surface area (Å²) in [6.45, 7) is 5.50. The van der Waals surface area contributed by atoms with Crippen molar-refractivity contribution in [2.45, 2.75) is 13.8 Å². The Morgan fingerprint density at radius 3 is 2.42 bits per heavy atom. The van der Waals surface area contributed by atoms with Crippen molar-refractivity contribution in [2.24, 2.45) is 4.99 Å². The molecule has 33 heavy (non-hydrogen) atoms. The van der Waals surface area contributed by atoms with Gasteiger partial charge in [-0.15, -0.1) is 0 Å². The summed E-state index contributed by atoms with van der Waals surface area (Å²) in [5, 5.41) is 14.8. The third kappa shape index (κ3) is 5.44. The Bertz CT molecular complexity index is 1340. The second kappa shape index (κ2) is 10.6. The Labute approximate surface area is 191 Å². The third-order valence-corrected chi connectivity index (χ3v) is 4.85. The lowest BCUT2D eigenvalue weighted by Gasteiger charge is -2.17. The second-order valence-corrected chi connectivity index (χ2v) is 7.57. The van der Waals surface area contributed by atoms with Crippen molar-refractivity contribution in [1.29, 1.82) is 0 Å². The molecule has 0 bridgehead atoms. The molecule has 170 valence electrons. The van der Waals surface area contributed by atoms with E-state index in [4.69, 9.17) is 18.5 Å². The predicted octanol–water partition coefficient (Wildman–Crippen LogP) is 3.64. The Balaban J connectivity index is 0.000000709. The summed E-state index contributed by atoms with van der Waals surface area (Å²) in [7, 11) is -3.13. The van der Waals surface area contributed by atoms with Crippen LogP contribution >= 0.6 is 0 Å². The molecule has 0 amide bonds. The summed E-state index contributed by atoms with van der Waals surface area (Å²) >= 11 is 0. The molecule has 0 saturated carbocycles. The van der Waals surface area contributed by atoms with Crippen LogP contribution in [0.15, 0.2) is 70.1 Å². The molecule has 1 heterocycles. The van der Waals surface area contributed by atoms with E-state index >= 15 is 0 Å². The predicted molar refractivity (Wildman–Crippen MR) is 126 cm³/mol. The van der Waals surface area contributed by atoms with Crippen LogP contribution in [0.5, 0.6) is 0 Å². The zero-order valence-corrected chi connectivity index (χ0v) is 19.2. The highest BCUT2D eigenvalue weighted by Crippen LogP contribution is 2.41. The van der Waals surface area contributed by atoms with Gasteiger partial charge >= 0.3 is 15.1 Å². The van der Waals surface area contributed by atoms with E-state index in [9.17, 15) is 9.90 Å². The minimum absolute atomic E-state index is 0.263. The van der Waals surface area contributed by atoms with Gasteiger partial charge in [0.1, 0.15) is 11.3 Å². The number of nitrogens with zero attached hydrogens (tertiary/aromatic N) is 1. The zero-order valence-electron chi connectivity index (χ0n) is 18.2. The van der Waals surface area contributed by atoms with Gasteiger partial charge in [0.2, 0.25) is 0 Å². The molecule has 0 atom stereocenters. The molecule has 0 saturated heterocycles. The normalized spacial score (nSPS) is 11.2. The van der Waals surface area contributed by atoms with Crippen molar-refractivity contribution < 1.29 is 28.4 Å². The zero-order chi connectivity index (χ0) is 24.0.